The van der Waals surface area contributed by atoms with Gasteiger partial charge in [0, 0.05) is 31.9 Å². The number of benzene rings is 1. The van der Waals surface area contributed by atoms with E-state index in [1.165, 1.54) is 0 Å². The smallest absolute Gasteiger partial charge is 0.317 e. The highest BCUT2D eigenvalue weighted by Gasteiger charge is 2.21. The van der Waals surface area contributed by atoms with Gasteiger partial charge in [-0.2, -0.15) is 0 Å². The number of anilines is 1. The van der Waals surface area contributed by atoms with Crippen molar-refractivity contribution in [1.82, 2.24) is 15.3 Å². The van der Waals surface area contributed by atoms with Gasteiger partial charge in [0.25, 0.3) is 0 Å². The second-order valence-corrected chi connectivity index (χ2v) is 6.38. The third-order valence-corrected chi connectivity index (χ3v) is 4.13. The summed E-state index contributed by atoms with van der Waals surface area (Å²) in [5.41, 5.74) is 5.41. The monoisotopic (exact) mass is 318 g/mol. The Bertz CT molecular complexity index is 578. The van der Waals surface area contributed by atoms with Crippen LogP contribution in [0.1, 0.15) is 30.9 Å². The Balaban J connectivity index is 2.00. The summed E-state index contributed by atoms with van der Waals surface area (Å²) in [5.74, 6) is -0.974. The first-order valence-electron chi connectivity index (χ1n) is 8.03. The number of carbonyl (C=O) groups is 2. The van der Waals surface area contributed by atoms with Crippen LogP contribution in [-0.4, -0.2) is 54.9 Å². The summed E-state index contributed by atoms with van der Waals surface area (Å²) in [5, 5.41) is 4.56. The zero-order chi connectivity index (χ0) is 17.0. The Kier molecular flexibility index (Phi) is 5.74. The van der Waals surface area contributed by atoms with Crippen molar-refractivity contribution in [2.24, 2.45) is 0 Å². The fraction of sp³-hybridized carbons (Fsp3) is 0.529. The summed E-state index contributed by atoms with van der Waals surface area (Å²) in [6, 6.07) is 5.87. The molecule has 0 atom stereocenters. The summed E-state index contributed by atoms with van der Waals surface area (Å²) in [6.45, 7) is 9.24. The highest BCUT2D eigenvalue weighted by molar-refractivity contribution is 6.39. The van der Waals surface area contributed by atoms with Gasteiger partial charge in [0.05, 0.1) is 0 Å². The van der Waals surface area contributed by atoms with E-state index in [4.69, 9.17) is 0 Å². The fourth-order valence-electron chi connectivity index (χ4n) is 2.63. The van der Waals surface area contributed by atoms with Gasteiger partial charge in [0.1, 0.15) is 0 Å². The number of nitrogens with zero attached hydrogens (tertiary/aromatic N) is 2. The van der Waals surface area contributed by atoms with Gasteiger partial charge in [0.2, 0.25) is 0 Å². The molecular weight excluding hydrogens is 292 g/mol. The van der Waals surface area contributed by atoms with Crippen molar-refractivity contribution in [2.75, 3.05) is 38.5 Å². The van der Waals surface area contributed by atoms with Crippen molar-refractivity contribution in [3.63, 3.8) is 0 Å². The van der Waals surface area contributed by atoms with E-state index in [2.05, 4.69) is 29.5 Å². The van der Waals surface area contributed by atoms with Crippen LogP contribution in [0.3, 0.4) is 0 Å². The molecule has 0 unspecified atom stereocenters. The quantitative estimate of drug-likeness (QED) is 0.826. The Morgan fingerprint density at radius 3 is 2.35 bits per heavy atom. The minimum absolute atomic E-state index is 0.269. The Labute approximate surface area is 137 Å². The van der Waals surface area contributed by atoms with Gasteiger partial charge in [0.15, 0.2) is 0 Å². The van der Waals surface area contributed by atoms with E-state index >= 15 is 0 Å². The molecule has 0 spiro atoms. The number of likely N-dealkylation sites (N-methyl/N-ethyl adjacent to an activating group) is 1. The predicted molar refractivity (Wildman–Crippen MR) is 91.1 cm³/mol. The van der Waals surface area contributed by atoms with Crippen LogP contribution < -0.4 is 10.7 Å². The number of aryl methyl sites for hydroxylation is 1. The molecule has 2 N–H and O–H groups in total. The number of hydrogen-bond acceptors (Lipinski definition) is 4. The normalized spacial score (nSPS) is 16.4. The zero-order valence-electron chi connectivity index (χ0n) is 14.3. The van der Waals surface area contributed by atoms with E-state index in [9.17, 15) is 9.59 Å². The summed E-state index contributed by atoms with van der Waals surface area (Å²) in [6.07, 6.45) is 0. The van der Waals surface area contributed by atoms with Crippen LogP contribution in [0.25, 0.3) is 0 Å². The molecule has 1 aliphatic rings. The number of amides is 2. The second kappa shape index (κ2) is 7.57. The average molecular weight is 318 g/mol. The second-order valence-electron chi connectivity index (χ2n) is 6.38. The highest BCUT2D eigenvalue weighted by Crippen LogP contribution is 2.27. The number of hydrogen-bond donors (Lipinski definition) is 2. The molecule has 1 fully saturated rings. The van der Waals surface area contributed by atoms with Crippen LogP contribution in [0.4, 0.5) is 5.69 Å². The summed E-state index contributed by atoms with van der Waals surface area (Å²) >= 11 is 0. The van der Waals surface area contributed by atoms with E-state index in [1.54, 1.807) is 5.01 Å². The van der Waals surface area contributed by atoms with Crippen molar-refractivity contribution < 1.29 is 9.59 Å². The maximum Gasteiger partial charge on any atom is 0.323 e. The van der Waals surface area contributed by atoms with Gasteiger partial charge in [-0.15, -0.1) is 0 Å². The van der Waals surface area contributed by atoms with Crippen LogP contribution in [0.5, 0.6) is 0 Å². The van der Waals surface area contributed by atoms with Crippen LogP contribution in [-0.2, 0) is 9.59 Å². The van der Waals surface area contributed by atoms with E-state index < -0.39 is 11.8 Å². The van der Waals surface area contributed by atoms with Crippen molar-refractivity contribution in [3.8, 4) is 0 Å². The lowest BCUT2D eigenvalue weighted by molar-refractivity contribution is -0.139. The molecule has 2 rings (SSSR count). The molecule has 126 valence electrons. The summed E-state index contributed by atoms with van der Waals surface area (Å²) < 4.78 is 0. The van der Waals surface area contributed by atoms with Gasteiger partial charge in [-0.3, -0.25) is 15.0 Å². The maximum absolute atomic E-state index is 12.2. The highest BCUT2D eigenvalue weighted by atomic mass is 16.2. The van der Waals surface area contributed by atoms with E-state index in [-0.39, 0.29) is 5.92 Å². The topological polar surface area (TPSA) is 64.7 Å². The SMILES string of the molecule is Cc1cccc(C(C)C)c1NC(=O)C(=O)NN1CCN(C)CC1. The minimum Gasteiger partial charge on any atom is -0.317 e. The van der Waals surface area contributed by atoms with Gasteiger partial charge < -0.3 is 10.2 Å². The molecule has 1 aliphatic heterocycles. The van der Waals surface area contributed by atoms with Gasteiger partial charge in [-0.1, -0.05) is 32.0 Å². The molecule has 23 heavy (non-hydrogen) atoms. The lowest BCUT2D eigenvalue weighted by atomic mass is 9.98. The lowest BCUT2D eigenvalue weighted by Crippen LogP contribution is -2.54. The van der Waals surface area contributed by atoms with Crippen molar-refractivity contribution in [1.29, 1.82) is 0 Å². The van der Waals surface area contributed by atoms with Crippen LogP contribution >= 0.6 is 0 Å². The van der Waals surface area contributed by atoms with Gasteiger partial charge >= 0.3 is 11.8 Å². The minimum atomic E-state index is -0.625. The number of carbonyl (C=O) groups excluding carboxylic acids is 2. The molecule has 2 amide bonds. The molecule has 0 saturated carbocycles. The van der Waals surface area contributed by atoms with E-state index in [0.29, 0.717) is 0 Å². The number of piperazine rings is 1. The third-order valence-electron chi connectivity index (χ3n) is 4.13. The zero-order valence-corrected chi connectivity index (χ0v) is 14.3. The molecule has 1 heterocycles. The molecule has 1 aromatic carbocycles. The number of hydrazine groups is 1. The number of para-hydroxylation sites is 1. The first-order valence-corrected chi connectivity index (χ1v) is 8.03. The summed E-state index contributed by atoms with van der Waals surface area (Å²) in [4.78, 5) is 26.5. The fourth-order valence-corrected chi connectivity index (χ4v) is 2.63. The Morgan fingerprint density at radius 1 is 1.09 bits per heavy atom. The molecule has 0 aliphatic carbocycles. The molecular formula is C17H26N4O2. The molecule has 6 heteroatoms. The maximum atomic E-state index is 12.2. The first kappa shape index (κ1) is 17.4. The molecule has 0 bridgehead atoms. The average Bonchev–Trinajstić information content (AvgIpc) is 2.51. The lowest BCUT2D eigenvalue weighted by Gasteiger charge is -2.32. The Hall–Kier alpha value is -1.92. The van der Waals surface area contributed by atoms with Crippen molar-refractivity contribution in [2.45, 2.75) is 26.7 Å². The molecule has 0 aromatic heterocycles. The molecule has 0 radical (unpaired) electrons. The first-order chi connectivity index (χ1) is 10.9. The van der Waals surface area contributed by atoms with Crippen LogP contribution in [0, 0.1) is 6.92 Å². The number of nitrogens with one attached hydrogen (secondary N) is 2. The van der Waals surface area contributed by atoms with Crippen molar-refractivity contribution in [3.05, 3.63) is 29.3 Å². The summed E-state index contributed by atoms with van der Waals surface area (Å²) in [7, 11) is 2.04. The Morgan fingerprint density at radius 2 is 1.74 bits per heavy atom. The molecule has 1 saturated heterocycles. The van der Waals surface area contributed by atoms with Gasteiger partial charge in [-0.25, -0.2) is 5.01 Å². The third kappa shape index (κ3) is 4.53. The van der Waals surface area contributed by atoms with Crippen LogP contribution in [0.15, 0.2) is 18.2 Å². The van der Waals surface area contributed by atoms with E-state index in [0.717, 1.165) is 43.0 Å². The molecule has 6 nitrogen and oxygen atoms in total. The largest absolute Gasteiger partial charge is 0.323 e. The molecule has 1 aromatic rings. The van der Waals surface area contributed by atoms with Gasteiger partial charge in [-0.05, 0) is 31.0 Å². The van der Waals surface area contributed by atoms with Crippen molar-refractivity contribution >= 4 is 17.5 Å². The predicted octanol–water partition coefficient (Wildman–Crippen LogP) is 1.34. The standard InChI is InChI=1S/C17H26N4O2/c1-12(2)14-7-5-6-13(3)15(14)18-16(22)17(23)19-21-10-8-20(4)9-11-21/h5-7,12H,8-11H2,1-4H3,(H,18,22)(H,19,23). The number of rotatable bonds is 3. The van der Waals surface area contributed by atoms with E-state index in [1.807, 2.05) is 32.2 Å². The van der Waals surface area contributed by atoms with Crippen LogP contribution in [0.2, 0.25) is 0 Å².